The van der Waals surface area contributed by atoms with E-state index in [9.17, 15) is 0 Å². The van der Waals surface area contributed by atoms with E-state index in [2.05, 4.69) is 4.98 Å². The van der Waals surface area contributed by atoms with Crippen LogP contribution in [0.5, 0.6) is 0 Å². The van der Waals surface area contributed by atoms with Gasteiger partial charge in [-0.15, -0.1) is 23.1 Å². The lowest BCUT2D eigenvalue weighted by molar-refractivity contribution is 1.36. The molecule has 0 fully saturated rings. The quantitative estimate of drug-likeness (QED) is 0.832. The molecule has 2 rings (SSSR count). The summed E-state index contributed by atoms with van der Waals surface area (Å²) in [6.07, 6.45) is 2.03. The molecule has 0 aliphatic rings. The van der Waals surface area contributed by atoms with Crippen LogP contribution in [0.4, 0.5) is 5.13 Å². The lowest BCUT2D eigenvalue weighted by atomic mass is 10.2. The Morgan fingerprint density at radius 3 is 2.87 bits per heavy atom. The number of nitrogen functional groups attached to an aromatic ring is 1. The Morgan fingerprint density at radius 2 is 2.27 bits per heavy atom. The maximum absolute atomic E-state index is 5.97. The highest BCUT2D eigenvalue weighted by Crippen LogP contribution is 2.33. The SMILES string of the molecule is CSc1ccc(Cl)cc1-c1csc(N)n1. The highest BCUT2D eigenvalue weighted by atomic mass is 35.5. The second-order valence-electron chi connectivity index (χ2n) is 2.92. The number of nitrogens with zero attached hydrogens (tertiary/aromatic N) is 1. The average molecular weight is 257 g/mol. The Morgan fingerprint density at radius 1 is 1.47 bits per heavy atom. The first-order valence-electron chi connectivity index (χ1n) is 4.25. The van der Waals surface area contributed by atoms with E-state index in [1.54, 1.807) is 11.8 Å². The highest BCUT2D eigenvalue weighted by molar-refractivity contribution is 7.98. The maximum atomic E-state index is 5.97. The van der Waals surface area contributed by atoms with Crippen molar-refractivity contribution in [1.29, 1.82) is 0 Å². The van der Waals surface area contributed by atoms with E-state index in [4.69, 9.17) is 17.3 Å². The van der Waals surface area contributed by atoms with Gasteiger partial charge in [0.05, 0.1) is 5.69 Å². The first kappa shape index (κ1) is 10.8. The first-order valence-corrected chi connectivity index (χ1v) is 6.74. The Bertz CT molecular complexity index is 482. The van der Waals surface area contributed by atoms with Gasteiger partial charge in [0, 0.05) is 20.9 Å². The summed E-state index contributed by atoms with van der Waals surface area (Å²) < 4.78 is 0. The minimum absolute atomic E-state index is 0.581. The molecule has 2 N–H and O–H groups in total. The summed E-state index contributed by atoms with van der Waals surface area (Å²) in [4.78, 5) is 5.41. The summed E-state index contributed by atoms with van der Waals surface area (Å²) in [5.41, 5.74) is 7.55. The summed E-state index contributed by atoms with van der Waals surface area (Å²) in [5, 5.41) is 3.24. The number of thioether (sulfide) groups is 1. The summed E-state index contributed by atoms with van der Waals surface area (Å²) in [7, 11) is 0. The van der Waals surface area contributed by atoms with Gasteiger partial charge in [-0.2, -0.15) is 0 Å². The van der Waals surface area contributed by atoms with Crippen molar-refractivity contribution in [3.63, 3.8) is 0 Å². The highest BCUT2D eigenvalue weighted by Gasteiger charge is 2.08. The van der Waals surface area contributed by atoms with E-state index in [1.807, 2.05) is 29.8 Å². The molecule has 0 bridgehead atoms. The molecule has 1 heterocycles. The molecular formula is C10H9ClN2S2. The molecule has 0 aliphatic carbocycles. The molecule has 0 unspecified atom stereocenters. The molecule has 0 atom stereocenters. The Hall–Kier alpha value is -0.710. The molecule has 0 saturated heterocycles. The van der Waals surface area contributed by atoms with Crippen LogP contribution in [-0.4, -0.2) is 11.2 Å². The van der Waals surface area contributed by atoms with Crippen molar-refractivity contribution >= 4 is 39.8 Å². The molecule has 0 spiro atoms. The number of rotatable bonds is 2. The van der Waals surface area contributed by atoms with Gasteiger partial charge in [0.25, 0.3) is 0 Å². The molecule has 0 saturated carbocycles. The Balaban J connectivity index is 2.55. The topological polar surface area (TPSA) is 38.9 Å². The minimum atomic E-state index is 0.581. The van der Waals surface area contributed by atoms with Crippen molar-refractivity contribution in [3.05, 3.63) is 28.6 Å². The van der Waals surface area contributed by atoms with E-state index < -0.39 is 0 Å². The fourth-order valence-corrected chi connectivity index (χ4v) is 2.61. The van der Waals surface area contributed by atoms with E-state index in [0.717, 1.165) is 21.2 Å². The van der Waals surface area contributed by atoms with Crippen LogP contribution in [0.2, 0.25) is 5.02 Å². The predicted molar refractivity (Wildman–Crippen MR) is 68.8 cm³/mol. The van der Waals surface area contributed by atoms with E-state index >= 15 is 0 Å². The Labute approximate surface area is 101 Å². The molecular weight excluding hydrogens is 248 g/mol. The molecule has 1 aromatic heterocycles. The molecule has 0 radical (unpaired) electrons. The van der Waals surface area contributed by atoms with Crippen LogP contribution in [0.25, 0.3) is 11.3 Å². The molecule has 2 nitrogen and oxygen atoms in total. The first-order chi connectivity index (χ1) is 7.20. The van der Waals surface area contributed by atoms with Gasteiger partial charge in [-0.25, -0.2) is 4.98 Å². The number of thiazole rings is 1. The minimum Gasteiger partial charge on any atom is -0.375 e. The summed E-state index contributed by atoms with van der Waals surface area (Å²) in [6.45, 7) is 0. The number of hydrogen-bond acceptors (Lipinski definition) is 4. The standard InChI is InChI=1S/C10H9ClN2S2/c1-14-9-3-2-6(11)4-7(9)8-5-15-10(12)13-8/h2-5H,1H3,(H2,12,13). The zero-order chi connectivity index (χ0) is 10.8. The van der Waals surface area contributed by atoms with Crippen molar-refractivity contribution in [2.24, 2.45) is 0 Å². The van der Waals surface area contributed by atoms with Crippen molar-refractivity contribution in [2.45, 2.75) is 4.90 Å². The van der Waals surface area contributed by atoms with Crippen molar-refractivity contribution in [3.8, 4) is 11.3 Å². The molecule has 1 aromatic carbocycles. The van der Waals surface area contributed by atoms with Gasteiger partial charge >= 0.3 is 0 Å². The summed E-state index contributed by atoms with van der Waals surface area (Å²) in [5.74, 6) is 0. The van der Waals surface area contributed by atoms with Gasteiger partial charge in [0.1, 0.15) is 0 Å². The number of aromatic nitrogens is 1. The zero-order valence-electron chi connectivity index (χ0n) is 8.03. The zero-order valence-corrected chi connectivity index (χ0v) is 10.4. The van der Waals surface area contributed by atoms with Crippen LogP contribution >= 0.6 is 34.7 Å². The van der Waals surface area contributed by atoms with E-state index in [-0.39, 0.29) is 0 Å². The average Bonchev–Trinajstić information content (AvgIpc) is 2.65. The van der Waals surface area contributed by atoms with E-state index in [1.165, 1.54) is 11.3 Å². The fourth-order valence-electron chi connectivity index (χ4n) is 1.29. The fraction of sp³-hybridized carbons (Fsp3) is 0.100. The molecule has 15 heavy (non-hydrogen) atoms. The van der Waals surface area contributed by atoms with Crippen LogP contribution in [0.3, 0.4) is 0 Å². The number of hydrogen-bond donors (Lipinski definition) is 1. The maximum Gasteiger partial charge on any atom is 0.180 e. The third kappa shape index (κ3) is 2.27. The molecule has 0 aliphatic heterocycles. The number of anilines is 1. The smallest absolute Gasteiger partial charge is 0.180 e. The van der Waals surface area contributed by atoms with Crippen LogP contribution in [-0.2, 0) is 0 Å². The summed E-state index contributed by atoms with van der Waals surface area (Å²) >= 11 is 9.08. The molecule has 5 heteroatoms. The van der Waals surface area contributed by atoms with E-state index in [0.29, 0.717) is 5.13 Å². The van der Waals surface area contributed by atoms with Crippen LogP contribution in [0.1, 0.15) is 0 Å². The number of benzene rings is 1. The number of nitrogens with two attached hydrogens (primary N) is 1. The van der Waals surface area contributed by atoms with Crippen molar-refractivity contribution in [1.82, 2.24) is 4.98 Å². The van der Waals surface area contributed by atoms with Gasteiger partial charge in [-0.05, 0) is 24.5 Å². The van der Waals surface area contributed by atoms with Crippen LogP contribution in [0, 0.1) is 0 Å². The van der Waals surface area contributed by atoms with Crippen molar-refractivity contribution in [2.75, 3.05) is 12.0 Å². The monoisotopic (exact) mass is 256 g/mol. The lowest BCUT2D eigenvalue weighted by Crippen LogP contribution is -1.85. The van der Waals surface area contributed by atoms with Gasteiger partial charge in [-0.3, -0.25) is 0 Å². The van der Waals surface area contributed by atoms with Crippen LogP contribution < -0.4 is 5.73 Å². The predicted octanol–water partition coefficient (Wildman–Crippen LogP) is 3.77. The Kier molecular flexibility index (Phi) is 3.19. The van der Waals surface area contributed by atoms with Crippen molar-refractivity contribution < 1.29 is 0 Å². The normalized spacial score (nSPS) is 10.5. The molecule has 78 valence electrons. The number of halogens is 1. The van der Waals surface area contributed by atoms with Gasteiger partial charge in [0.15, 0.2) is 5.13 Å². The van der Waals surface area contributed by atoms with Gasteiger partial charge in [-0.1, -0.05) is 11.6 Å². The lowest BCUT2D eigenvalue weighted by Gasteiger charge is -2.04. The largest absolute Gasteiger partial charge is 0.375 e. The molecule has 2 aromatic rings. The van der Waals surface area contributed by atoms with Crippen LogP contribution in [0.15, 0.2) is 28.5 Å². The van der Waals surface area contributed by atoms with Gasteiger partial charge < -0.3 is 5.73 Å². The third-order valence-electron chi connectivity index (χ3n) is 1.96. The molecule has 0 amide bonds. The van der Waals surface area contributed by atoms with Gasteiger partial charge in [0.2, 0.25) is 0 Å². The third-order valence-corrected chi connectivity index (χ3v) is 3.66. The summed E-state index contributed by atoms with van der Waals surface area (Å²) in [6, 6.07) is 5.80. The second kappa shape index (κ2) is 4.43. The second-order valence-corrected chi connectivity index (χ2v) is 5.09.